The van der Waals surface area contributed by atoms with Crippen LogP contribution in [0.15, 0.2) is 53.4 Å². The molecular weight excluding hydrogens is 360 g/mol. The number of methoxy groups -OCH3 is 1. The highest BCUT2D eigenvalue weighted by atomic mass is 32.2. The normalized spacial score (nSPS) is 16.8. The fraction of sp³-hybridized carbons (Fsp3) is 0.429. The molecule has 2 aromatic carbocycles. The monoisotopic (exact) mass is 388 g/mol. The van der Waals surface area contributed by atoms with Gasteiger partial charge in [-0.2, -0.15) is 0 Å². The maximum absolute atomic E-state index is 12.9. The van der Waals surface area contributed by atoms with E-state index in [0.29, 0.717) is 22.8 Å². The first kappa shape index (κ1) is 19.9. The number of rotatable bonds is 7. The Hall–Kier alpha value is -1.89. The number of nitrogens with zero attached hydrogens (tertiary/aromatic N) is 1. The number of likely N-dealkylation sites (tertiary alicyclic amines) is 1. The molecule has 0 aromatic heterocycles. The number of hydrogen-bond acceptors (Lipinski definition) is 4. The van der Waals surface area contributed by atoms with Gasteiger partial charge in [-0.1, -0.05) is 36.8 Å². The smallest absolute Gasteiger partial charge is 0.240 e. The molecule has 0 radical (unpaired) electrons. The van der Waals surface area contributed by atoms with Crippen LogP contribution in [0.25, 0.3) is 0 Å². The number of aryl methyl sites for hydroxylation is 1. The quantitative estimate of drug-likeness (QED) is 0.789. The van der Waals surface area contributed by atoms with Gasteiger partial charge in [0.25, 0.3) is 0 Å². The second-order valence-electron chi connectivity index (χ2n) is 7.01. The van der Waals surface area contributed by atoms with Gasteiger partial charge in [-0.05, 0) is 62.2 Å². The third-order valence-electron chi connectivity index (χ3n) is 5.15. The second kappa shape index (κ2) is 8.87. The van der Waals surface area contributed by atoms with Crippen LogP contribution in [-0.2, 0) is 10.0 Å². The molecule has 1 N–H and O–H groups in total. The predicted octanol–water partition coefficient (Wildman–Crippen LogP) is 3.51. The zero-order chi connectivity index (χ0) is 19.3. The third-order valence-corrected chi connectivity index (χ3v) is 6.74. The molecule has 1 heterocycles. The van der Waals surface area contributed by atoms with E-state index in [1.807, 2.05) is 18.2 Å². The lowest BCUT2D eigenvalue weighted by atomic mass is 10.0. The van der Waals surface area contributed by atoms with E-state index < -0.39 is 10.0 Å². The van der Waals surface area contributed by atoms with Crippen LogP contribution < -0.4 is 9.46 Å². The van der Waals surface area contributed by atoms with Gasteiger partial charge in [0.1, 0.15) is 5.75 Å². The van der Waals surface area contributed by atoms with E-state index in [-0.39, 0.29) is 6.04 Å². The molecule has 146 valence electrons. The van der Waals surface area contributed by atoms with E-state index in [4.69, 9.17) is 4.74 Å². The Morgan fingerprint density at radius 3 is 2.41 bits per heavy atom. The number of hydrogen-bond donors (Lipinski definition) is 1. The van der Waals surface area contributed by atoms with Gasteiger partial charge in [-0.3, -0.25) is 4.90 Å². The van der Waals surface area contributed by atoms with Crippen LogP contribution in [0.1, 0.15) is 36.4 Å². The summed E-state index contributed by atoms with van der Waals surface area (Å²) in [6.07, 6.45) is 3.57. The van der Waals surface area contributed by atoms with Crippen molar-refractivity contribution in [3.8, 4) is 5.75 Å². The van der Waals surface area contributed by atoms with Crippen molar-refractivity contribution >= 4 is 10.0 Å². The van der Waals surface area contributed by atoms with Crippen molar-refractivity contribution in [3.63, 3.8) is 0 Å². The third kappa shape index (κ3) is 4.89. The number of sulfonamides is 1. The molecule has 6 heteroatoms. The minimum absolute atomic E-state index is 0.0415. The van der Waals surface area contributed by atoms with E-state index >= 15 is 0 Å². The van der Waals surface area contributed by atoms with Crippen LogP contribution in [0.4, 0.5) is 0 Å². The Morgan fingerprint density at radius 2 is 1.78 bits per heavy atom. The van der Waals surface area contributed by atoms with Gasteiger partial charge < -0.3 is 4.74 Å². The zero-order valence-corrected chi connectivity index (χ0v) is 16.8. The summed E-state index contributed by atoms with van der Waals surface area (Å²) in [6.45, 7) is 4.15. The molecule has 0 spiro atoms. The molecule has 0 saturated carbocycles. The lowest BCUT2D eigenvalue weighted by Crippen LogP contribution is -2.40. The van der Waals surface area contributed by atoms with Gasteiger partial charge >= 0.3 is 0 Å². The summed E-state index contributed by atoms with van der Waals surface area (Å²) < 4.78 is 33.8. The van der Waals surface area contributed by atoms with Crippen LogP contribution in [0.2, 0.25) is 0 Å². The van der Waals surface area contributed by atoms with Gasteiger partial charge in [-0.25, -0.2) is 13.1 Å². The molecule has 5 nitrogen and oxygen atoms in total. The zero-order valence-electron chi connectivity index (χ0n) is 16.0. The summed E-state index contributed by atoms with van der Waals surface area (Å²) in [7, 11) is -2.02. The van der Waals surface area contributed by atoms with Gasteiger partial charge in [0, 0.05) is 12.6 Å². The van der Waals surface area contributed by atoms with Crippen LogP contribution in [0, 0.1) is 6.92 Å². The average molecular weight is 389 g/mol. The van der Waals surface area contributed by atoms with E-state index in [1.54, 1.807) is 32.2 Å². The van der Waals surface area contributed by atoms with Crippen molar-refractivity contribution in [2.75, 3.05) is 26.7 Å². The number of nitrogens with one attached hydrogen (secondary N) is 1. The van der Waals surface area contributed by atoms with E-state index in [1.165, 1.54) is 6.42 Å². The molecule has 1 saturated heterocycles. The minimum atomic E-state index is -3.59. The fourth-order valence-electron chi connectivity index (χ4n) is 3.68. The molecule has 3 rings (SSSR count). The average Bonchev–Trinajstić information content (AvgIpc) is 2.69. The van der Waals surface area contributed by atoms with E-state index in [2.05, 4.69) is 21.8 Å². The Labute approximate surface area is 162 Å². The lowest BCUT2D eigenvalue weighted by molar-refractivity contribution is 0.164. The molecule has 0 aliphatic carbocycles. The van der Waals surface area contributed by atoms with E-state index in [0.717, 1.165) is 31.5 Å². The maximum Gasteiger partial charge on any atom is 0.240 e. The Kier molecular flexibility index (Phi) is 6.52. The topological polar surface area (TPSA) is 58.6 Å². The summed E-state index contributed by atoms with van der Waals surface area (Å²) in [5.41, 5.74) is 1.82. The minimum Gasteiger partial charge on any atom is -0.497 e. The van der Waals surface area contributed by atoms with Crippen molar-refractivity contribution in [3.05, 3.63) is 59.7 Å². The molecule has 1 fully saturated rings. The number of benzene rings is 2. The Bertz CT molecular complexity index is 847. The van der Waals surface area contributed by atoms with Crippen LogP contribution in [0.5, 0.6) is 5.75 Å². The van der Waals surface area contributed by atoms with Crippen molar-refractivity contribution < 1.29 is 13.2 Å². The second-order valence-corrected chi connectivity index (χ2v) is 8.74. The first-order valence-electron chi connectivity index (χ1n) is 9.44. The SMILES string of the molecule is COc1ccc(S(=O)(=O)NCC(c2ccccc2)N2CCCCC2)c(C)c1. The Morgan fingerprint density at radius 1 is 1.07 bits per heavy atom. The van der Waals surface area contributed by atoms with Crippen molar-refractivity contribution in [1.82, 2.24) is 9.62 Å². The van der Waals surface area contributed by atoms with Crippen LogP contribution >= 0.6 is 0 Å². The molecule has 0 amide bonds. The van der Waals surface area contributed by atoms with Gasteiger partial charge in [0.15, 0.2) is 0 Å². The van der Waals surface area contributed by atoms with Gasteiger partial charge in [0.2, 0.25) is 10.0 Å². The highest BCUT2D eigenvalue weighted by Gasteiger charge is 2.25. The fourth-order valence-corrected chi connectivity index (χ4v) is 4.94. The molecule has 1 atom stereocenters. The summed E-state index contributed by atoms with van der Waals surface area (Å²) >= 11 is 0. The van der Waals surface area contributed by atoms with Crippen molar-refractivity contribution in [1.29, 1.82) is 0 Å². The molecule has 2 aromatic rings. The molecule has 27 heavy (non-hydrogen) atoms. The first-order chi connectivity index (χ1) is 13.0. The lowest BCUT2D eigenvalue weighted by Gasteiger charge is -2.35. The number of ether oxygens (including phenoxy) is 1. The molecule has 0 bridgehead atoms. The van der Waals surface area contributed by atoms with Crippen LogP contribution in [0.3, 0.4) is 0 Å². The van der Waals surface area contributed by atoms with E-state index in [9.17, 15) is 8.42 Å². The summed E-state index contributed by atoms with van der Waals surface area (Å²) in [5, 5.41) is 0. The summed E-state index contributed by atoms with van der Waals surface area (Å²) in [4.78, 5) is 2.69. The molecule has 1 unspecified atom stereocenters. The molecule has 1 aliphatic heterocycles. The Balaban J connectivity index is 1.80. The first-order valence-corrected chi connectivity index (χ1v) is 10.9. The summed E-state index contributed by atoms with van der Waals surface area (Å²) in [6, 6.07) is 15.2. The highest BCUT2D eigenvalue weighted by Crippen LogP contribution is 2.26. The van der Waals surface area contributed by atoms with Crippen molar-refractivity contribution in [2.24, 2.45) is 0 Å². The summed E-state index contributed by atoms with van der Waals surface area (Å²) in [5.74, 6) is 0.655. The largest absolute Gasteiger partial charge is 0.497 e. The van der Waals surface area contributed by atoms with Gasteiger partial charge in [0.05, 0.1) is 12.0 Å². The number of piperidine rings is 1. The van der Waals surface area contributed by atoms with Crippen molar-refractivity contribution in [2.45, 2.75) is 37.1 Å². The standard InChI is InChI=1S/C21H28N2O3S/c1-17-15-19(26-2)11-12-21(17)27(24,25)22-16-20(18-9-5-3-6-10-18)23-13-7-4-8-14-23/h3,5-6,9-12,15,20,22H,4,7-8,13-14,16H2,1-2H3. The maximum atomic E-state index is 12.9. The molecular formula is C21H28N2O3S. The predicted molar refractivity (Wildman–Crippen MR) is 108 cm³/mol. The van der Waals surface area contributed by atoms with Crippen LogP contribution in [-0.4, -0.2) is 40.1 Å². The highest BCUT2D eigenvalue weighted by molar-refractivity contribution is 7.89. The molecule has 1 aliphatic rings. The van der Waals surface area contributed by atoms with Gasteiger partial charge in [-0.15, -0.1) is 0 Å².